The van der Waals surface area contributed by atoms with Gasteiger partial charge in [-0.15, -0.1) is 0 Å². The fraction of sp³-hybridized carbons (Fsp3) is 1.00. The first kappa shape index (κ1) is 8.52. The fourth-order valence-electron chi connectivity index (χ4n) is 2.13. The number of hydrogen-bond donors (Lipinski definition) is 1. The van der Waals surface area contributed by atoms with Crippen molar-refractivity contribution in [2.45, 2.75) is 51.4 Å². The Kier molecular flexibility index (Phi) is 2.13. The first-order valence-corrected chi connectivity index (χ1v) is 5.09. The number of epoxide rings is 1. The van der Waals surface area contributed by atoms with Crippen LogP contribution in [0.2, 0.25) is 0 Å². The van der Waals surface area contributed by atoms with Crippen LogP contribution < -0.4 is 5.73 Å². The van der Waals surface area contributed by atoms with E-state index in [4.69, 9.17) is 10.5 Å². The van der Waals surface area contributed by atoms with Gasteiger partial charge >= 0.3 is 0 Å². The molecule has 1 saturated heterocycles. The van der Waals surface area contributed by atoms with E-state index in [0.717, 1.165) is 11.8 Å². The Morgan fingerprint density at radius 3 is 2.75 bits per heavy atom. The molecule has 2 aliphatic rings. The molecule has 70 valence electrons. The average molecular weight is 169 g/mol. The summed E-state index contributed by atoms with van der Waals surface area (Å²) >= 11 is 0. The van der Waals surface area contributed by atoms with Crippen molar-refractivity contribution < 1.29 is 4.74 Å². The second-order valence-electron chi connectivity index (χ2n) is 4.52. The SMILES string of the molecule is CC(N)CCC1CC1C1OC1C. The lowest BCUT2D eigenvalue weighted by Crippen LogP contribution is -2.14. The maximum Gasteiger partial charge on any atom is 0.0869 e. The zero-order valence-electron chi connectivity index (χ0n) is 7.99. The van der Waals surface area contributed by atoms with Crippen LogP contribution in [0.3, 0.4) is 0 Å². The molecule has 2 N–H and O–H groups in total. The van der Waals surface area contributed by atoms with Crippen LogP contribution in [0.1, 0.15) is 33.1 Å². The van der Waals surface area contributed by atoms with Crippen LogP contribution in [0.25, 0.3) is 0 Å². The topological polar surface area (TPSA) is 38.5 Å². The third-order valence-electron chi connectivity index (χ3n) is 3.15. The molecule has 1 saturated carbocycles. The smallest absolute Gasteiger partial charge is 0.0869 e. The van der Waals surface area contributed by atoms with E-state index in [1.807, 2.05) is 0 Å². The van der Waals surface area contributed by atoms with E-state index < -0.39 is 0 Å². The average Bonchev–Trinajstić information content (AvgIpc) is 2.80. The van der Waals surface area contributed by atoms with Gasteiger partial charge in [0.15, 0.2) is 0 Å². The summed E-state index contributed by atoms with van der Waals surface area (Å²) in [5, 5.41) is 0. The van der Waals surface area contributed by atoms with Crippen LogP contribution in [0, 0.1) is 11.8 Å². The van der Waals surface area contributed by atoms with E-state index in [-0.39, 0.29) is 0 Å². The highest BCUT2D eigenvalue weighted by atomic mass is 16.6. The zero-order chi connectivity index (χ0) is 8.72. The van der Waals surface area contributed by atoms with Gasteiger partial charge in [0, 0.05) is 6.04 Å². The normalized spacial score (nSPS) is 47.2. The first-order valence-electron chi connectivity index (χ1n) is 5.09. The maximum atomic E-state index is 5.70. The number of ether oxygens (including phenoxy) is 1. The summed E-state index contributed by atoms with van der Waals surface area (Å²) in [4.78, 5) is 0. The first-order chi connectivity index (χ1) is 5.68. The standard InChI is InChI=1S/C10H19NO/c1-6(11)3-4-8-5-9(8)10-7(2)12-10/h6-10H,3-5,11H2,1-2H3. The fourth-order valence-corrected chi connectivity index (χ4v) is 2.13. The largest absolute Gasteiger partial charge is 0.370 e. The van der Waals surface area contributed by atoms with E-state index in [0.29, 0.717) is 18.2 Å². The second kappa shape index (κ2) is 3.00. The quantitative estimate of drug-likeness (QED) is 0.648. The summed E-state index contributed by atoms with van der Waals surface area (Å²) in [5.41, 5.74) is 5.70. The monoisotopic (exact) mass is 169 g/mol. The van der Waals surface area contributed by atoms with E-state index in [2.05, 4.69) is 13.8 Å². The van der Waals surface area contributed by atoms with Gasteiger partial charge < -0.3 is 10.5 Å². The summed E-state index contributed by atoms with van der Waals surface area (Å²) < 4.78 is 5.45. The Morgan fingerprint density at radius 2 is 2.25 bits per heavy atom. The molecule has 2 heteroatoms. The Hall–Kier alpha value is -0.0800. The molecule has 1 aliphatic carbocycles. The number of nitrogens with two attached hydrogens (primary N) is 1. The Labute approximate surface area is 74.5 Å². The third-order valence-corrected chi connectivity index (χ3v) is 3.15. The minimum absolute atomic E-state index is 0.379. The summed E-state index contributed by atoms with van der Waals surface area (Å²) in [6, 6.07) is 0.379. The molecule has 1 aliphatic heterocycles. The van der Waals surface area contributed by atoms with Crippen molar-refractivity contribution in [2.24, 2.45) is 17.6 Å². The molecule has 2 nitrogen and oxygen atoms in total. The molecule has 0 amide bonds. The van der Waals surface area contributed by atoms with Gasteiger partial charge in [-0.1, -0.05) is 0 Å². The van der Waals surface area contributed by atoms with Gasteiger partial charge in [-0.2, -0.15) is 0 Å². The molecule has 0 aromatic rings. The summed E-state index contributed by atoms with van der Waals surface area (Å²) in [6.07, 6.45) is 5.05. The van der Waals surface area contributed by atoms with Crippen molar-refractivity contribution >= 4 is 0 Å². The van der Waals surface area contributed by atoms with Crippen LogP contribution in [0.4, 0.5) is 0 Å². The summed E-state index contributed by atoms with van der Waals surface area (Å²) in [5.74, 6) is 1.82. The van der Waals surface area contributed by atoms with E-state index in [1.165, 1.54) is 19.3 Å². The molecular formula is C10H19NO. The van der Waals surface area contributed by atoms with Crippen molar-refractivity contribution in [1.82, 2.24) is 0 Å². The van der Waals surface area contributed by atoms with E-state index in [1.54, 1.807) is 0 Å². The predicted octanol–water partition coefficient (Wildman–Crippen LogP) is 1.54. The molecule has 0 aromatic heterocycles. The molecule has 1 heterocycles. The van der Waals surface area contributed by atoms with Crippen LogP contribution in [-0.2, 0) is 4.74 Å². The van der Waals surface area contributed by atoms with Gasteiger partial charge in [-0.3, -0.25) is 0 Å². The summed E-state index contributed by atoms with van der Waals surface area (Å²) in [6.45, 7) is 4.26. The van der Waals surface area contributed by atoms with Crippen LogP contribution >= 0.6 is 0 Å². The Bertz CT molecular complexity index is 169. The molecule has 0 bridgehead atoms. The van der Waals surface area contributed by atoms with E-state index >= 15 is 0 Å². The van der Waals surface area contributed by atoms with Gasteiger partial charge in [0.05, 0.1) is 12.2 Å². The molecule has 0 aromatic carbocycles. The molecule has 5 unspecified atom stereocenters. The van der Waals surface area contributed by atoms with Crippen molar-refractivity contribution in [3.05, 3.63) is 0 Å². The molecule has 2 rings (SSSR count). The Balaban J connectivity index is 1.61. The molecule has 12 heavy (non-hydrogen) atoms. The maximum absolute atomic E-state index is 5.70. The lowest BCUT2D eigenvalue weighted by molar-refractivity contribution is 0.354. The molecule has 0 spiro atoms. The third kappa shape index (κ3) is 1.80. The summed E-state index contributed by atoms with van der Waals surface area (Å²) in [7, 11) is 0. The van der Waals surface area contributed by atoms with Gasteiger partial charge in [-0.25, -0.2) is 0 Å². The van der Waals surface area contributed by atoms with Crippen LogP contribution in [0.15, 0.2) is 0 Å². The highest BCUT2D eigenvalue weighted by molar-refractivity contribution is 5.00. The molecule has 2 fully saturated rings. The van der Waals surface area contributed by atoms with Gasteiger partial charge in [0.25, 0.3) is 0 Å². The number of hydrogen-bond acceptors (Lipinski definition) is 2. The van der Waals surface area contributed by atoms with Crippen molar-refractivity contribution in [3.63, 3.8) is 0 Å². The predicted molar refractivity (Wildman–Crippen MR) is 48.8 cm³/mol. The molecular weight excluding hydrogens is 150 g/mol. The van der Waals surface area contributed by atoms with Gasteiger partial charge in [0.1, 0.15) is 0 Å². The molecule has 5 atom stereocenters. The Morgan fingerprint density at radius 1 is 1.58 bits per heavy atom. The highest BCUT2D eigenvalue weighted by Gasteiger charge is 2.52. The zero-order valence-corrected chi connectivity index (χ0v) is 7.99. The van der Waals surface area contributed by atoms with Crippen LogP contribution in [-0.4, -0.2) is 18.2 Å². The number of rotatable bonds is 4. The lowest BCUT2D eigenvalue weighted by atomic mass is 10.1. The minimum atomic E-state index is 0.379. The van der Waals surface area contributed by atoms with Crippen molar-refractivity contribution in [3.8, 4) is 0 Å². The van der Waals surface area contributed by atoms with Crippen molar-refractivity contribution in [2.75, 3.05) is 0 Å². The minimum Gasteiger partial charge on any atom is -0.370 e. The lowest BCUT2D eigenvalue weighted by Gasteiger charge is -2.02. The van der Waals surface area contributed by atoms with Gasteiger partial charge in [0.2, 0.25) is 0 Å². The second-order valence-corrected chi connectivity index (χ2v) is 4.52. The van der Waals surface area contributed by atoms with Crippen molar-refractivity contribution in [1.29, 1.82) is 0 Å². The molecule has 0 radical (unpaired) electrons. The van der Waals surface area contributed by atoms with Gasteiger partial charge in [-0.05, 0) is 44.9 Å². The van der Waals surface area contributed by atoms with Crippen LogP contribution in [0.5, 0.6) is 0 Å². The highest BCUT2D eigenvalue weighted by Crippen LogP contribution is 2.51. The van der Waals surface area contributed by atoms with E-state index in [9.17, 15) is 0 Å².